The van der Waals surface area contributed by atoms with Gasteiger partial charge in [0.2, 0.25) is 0 Å². The highest BCUT2D eigenvalue weighted by molar-refractivity contribution is 6.40. The average Bonchev–Trinajstić information content (AvgIpc) is 2.36. The first kappa shape index (κ1) is 9.87. The first-order chi connectivity index (χ1) is 5.75. The normalized spacial score (nSPS) is 10.6. The van der Waals surface area contributed by atoms with Crippen molar-refractivity contribution in [1.29, 1.82) is 0 Å². The minimum absolute atomic E-state index is 0.396. The van der Waals surface area contributed by atoms with Gasteiger partial charge in [-0.15, -0.1) is 0 Å². The molecule has 0 amide bonds. The fraction of sp³-hybridized carbons (Fsp3) is 0.625. The van der Waals surface area contributed by atoms with Crippen LogP contribution in [0.4, 0.5) is 0 Å². The zero-order valence-electron chi connectivity index (χ0n) is 7.06. The van der Waals surface area contributed by atoms with E-state index in [1.807, 2.05) is 4.57 Å². The van der Waals surface area contributed by atoms with E-state index in [4.69, 9.17) is 23.2 Å². The molecule has 1 aromatic heterocycles. The predicted octanol–water partition coefficient (Wildman–Crippen LogP) is 3.38. The molecular weight excluding hydrogens is 195 g/mol. The Bertz CT molecular complexity index is 245. The summed E-state index contributed by atoms with van der Waals surface area (Å²) in [5.74, 6) is 0. The van der Waals surface area contributed by atoms with E-state index in [1.165, 1.54) is 12.8 Å². The number of aromatic nitrogens is 2. The van der Waals surface area contributed by atoms with Gasteiger partial charge < -0.3 is 4.57 Å². The van der Waals surface area contributed by atoms with Gasteiger partial charge in [-0.25, -0.2) is 4.98 Å². The number of imidazole rings is 1. The molecule has 0 saturated carbocycles. The number of hydrogen-bond acceptors (Lipinski definition) is 1. The lowest BCUT2D eigenvalue weighted by Crippen LogP contribution is -1.95. The van der Waals surface area contributed by atoms with Gasteiger partial charge in [-0.3, -0.25) is 0 Å². The van der Waals surface area contributed by atoms with Gasteiger partial charge in [-0.05, 0) is 6.42 Å². The SMILES string of the molecule is CCCCCn1cnc(Cl)c1Cl. The summed E-state index contributed by atoms with van der Waals surface area (Å²) in [5.41, 5.74) is 0. The van der Waals surface area contributed by atoms with Gasteiger partial charge in [0.1, 0.15) is 5.15 Å². The first-order valence-corrected chi connectivity index (χ1v) is 4.87. The van der Waals surface area contributed by atoms with Gasteiger partial charge in [0.25, 0.3) is 0 Å². The molecule has 0 aromatic carbocycles. The fourth-order valence-electron chi connectivity index (χ4n) is 1.03. The first-order valence-electron chi connectivity index (χ1n) is 4.11. The summed E-state index contributed by atoms with van der Waals surface area (Å²) in [6.45, 7) is 3.08. The van der Waals surface area contributed by atoms with E-state index >= 15 is 0 Å². The van der Waals surface area contributed by atoms with Crippen molar-refractivity contribution >= 4 is 23.2 Å². The molecule has 1 rings (SSSR count). The maximum Gasteiger partial charge on any atom is 0.166 e. The highest BCUT2D eigenvalue weighted by Gasteiger charge is 2.04. The predicted molar refractivity (Wildman–Crippen MR) is 51.8 cm³/mol. The van der Waals surface area contributed by atoms with Crippen LogP contribution >= 0.6 is 23.2 Å². The Balaban J connectivity index is 2.46. The van der Waals surface area contributed by atoms with Crippen LogP contribution in [-0.2, 0) is 6.54 Å². The van der Waals surface area contributed by atoms with Crippen molar-refractivity contribution in [1.82, 2.24) is 9.55 Å². The molecule has 0 bridgehead atoms. The van der Waals surface area contributed by atoms with Gasteiger partial charge in [0.15, 0.2) is 5.15 Å². The number of hydrogen-bond donors (Lipinski definition) is 0. The van der Waals surface area contributed by atoms with Crippen LogP contribution in [0.15, 0.2) is 6.33 Å². The number of rotatable bonds is 4. The summed E-state index contributed by atoms with van der Waals surface area (Å²) in [5, 5.41) is 0.945. The summed E-state index contributed by atoms with van der Waals surface area (Å²) in [6, 6.07) is 0. The van der Waals surface area contributed by atoms with E-state index in [-0.39, 0.29) is 0 Å². The van der Waals surface area contributed by atoms with Gasteiger partial charge in [0.05, 0.1) is 6.33 Å². The van der Waals surface area contributed by atoms with Crippen LogP contribution in [-0.4, -0.2) is 9.55 Å². The van der Waals surface area contributed by atoms with Crippen LogP contribution in [0.5, 0.6) is 0 Å². The van der Waals surface area contributed by atoms with Crippen molar-refractivity contribution in [3.05, 3.63) is 16.6 Å². The Kier molecular flexibility index (Phi) is 3.89. The topological polar surface area (TPSA) is 17.8 Å². The lowest BCUT2D eigenvalue weighted by Gasteiger charge is -2.01. The summed E-state index contributed by atoms with van der Waals surface area (Å²) in [4.78, 5) is 3.89. The van der Waals surface area contributed by atoms with Gasteiger partial charge in [-0.1, -0.05) is 43.0 Å². The molecule has 0 N–H and O–H groups in total. The molecule has 0 atom stereocenters. The maximum atomic E-state index is 5.86. The van der Waals surface area contributed by atoms with Gasteiger partial charge in [0, 0.05) is 6.54 Å². The van der Waals surface area contributed by atoms with Crippen LogP contribution in [0.2, 0.25) is 10.3 Å². The molecular formula is C8H12Cl2N2. The number of halogens is 2. The van der Waals surface area contributed by atoms with E-state index in [9.17, 15) is 0 Å². The second kappa shape index (κ2) is 4.73. The number of unbranched alkanes of at least 4 members (excludes halogenated alkanes) is 2. The highest BCUT2D eigenvalue weighted by atomic mass is 35.5. The van der Waals surface area contributed by atoms with Crippen molar-refractivity contribution in [2.45, 2.75) is 32.7 Å². The summed E-state index contributed by atoms with van der Waals surface area (Å²) >= 11 is 11.5. The fourth-order valence-corrected chi connectivity index (χ4v) is 1.36. The zero-order valence-corrected chi connectivity index (χ0v) is 8.57. The van der Waals surface area contributed by atoms with Crippen molar-refractivity contribution < 1.29 is 0 Å². The summed E-state index contributed by atoms with van der Waals surface area (Å²) < 4.78 is 1.87. The maximum absolute atomic E-state index is 5.86. The van der Waals surface area contributed by atoms with Crippen LogP contribution in [0.1, 0.15) is 26.2 Å². The quantitative estimate of drug-likeness (QED) is 0.692. The second-order valence-electron chi connectivity index (χ2n) is 2.73. The summed E-state index contributed by atoms with van der Waals surface area (Å²) in [7, 11) is 0. The zero-order chi connectivity index (χ0) is 8.97. The highest BCUT2D eigenvalue weighted by Crippen LogP contribution is 2.19. The molecule has 0 unspecified atom stereocenters. The third-order valence-corrected chi connectivity index (χ3v) is 2.50. The second-order valence-corrected chi connectivity index (χ2v) is 3.44. The van der Waals surface area contributed by atoms with Crippen LogP contribution in [0, 0.1) is 0 Å². The molecule has 12 heavy (non-hydrogen) atoms. The molecule has 1 aromatic rings. The Morgan fingerprint density at radius 1 is 1.42 bits per heavy atom. The van der Waals surface area contributed by atoms with E-state index < -0.39 is 0 Å². The lowest BCUT2D eigenvalue weighted by molar-refractivity contribution is 0.602. The van der Waals surface area contributed by atoms with E-state index in [0.717, 1.165) is 13.0 Å². The molecule has 0 spiro atoms. The molecule has 0 aliphatic rings. The molecule has 2 nitrogen and oxygen atoms in total. The number of aryl methyl sites for hydroxylation is 1. The molecule has 1 heterocycles. The largest absolute Gasteiger partial charge is 0.320 e. The molecule has 0 saturated heterocycles. The Labute approximate surface area is 82.5 Å². The Morgan fingerprint density at radius 2 is 2.17 bits per heavy atom. The van der Waals surface area contributed by atoms with E-state index in [2.05, 4.69) is 11.9 Å². The summed E-state index contributed by atoms with van der Waals surface area (Å²) in [6.07, 6.45) is 5.23. The van der Waals surface area contributed by atoms with E-state index in [1.54, 1.807) is 6.33 Å². The number of nitrogens with zero attached hydrogens (tertiary/aromatic N) is 2. The van der Waals surface area contributed by atoms with Crippen molar-refractivity contribution in [2.24, 2.45) is 0 Å². The molecule has 4 heteroatoms. The Hall–Kier alpha value is -0.210. The van der Waals surface area contributed by atoms with Gasteiger partial charge >= 0.3 is 0 Å². The van der Waals surface area contributed by atoms with Crippen molar-refractivity contribution in [3.8, 4) is 0 Å². The van der Waals surface area contributed by atoms with Crippen molar-refractivity contribution in [3.63, 3.8) is 0 Å². The third kappa shape index (κ3) is 2.39. The molecule has 0 aliphatic carbocycles. The molecule has 68 valence electrons. The lowest BCUT2D eigenvalue weighted by atomic mass is 10.2. The molecule has 0 fully saturated rings. The monoisotopic (exact) mass is 206 g/mol. The standard InChI is InChI=1S/C8H12Cl2N2/c1-2-3-4-5-12-6-11-7(9)8(12)10/h6H,2-5H2,1H3. The minimum atomic E-state index is 0.396. The van der Waals surface area contributed by atoms with Crippen LogP contribution in [0.25, 0.3) is 0 Å². The molecule has 0 aliphatic heterocycles. The van der Waals surface area contributed by atoms with Crippen LogP contribution in [0.3, 0.4) is 0 Å². The Morgan fingerprint density at radius 3 is 2.67 bits per heavy atom. The van der Waals surface area contributed by atoms with Crippen LogP contribution < -0.4 is 0 Å². The van der Waals surface area contributed by atoms with Gasteiger partial charge in [-0.2, -0.15) is 0 Å². The average molecular weight is 207 g/mol. The molecule has 0 radical (unpaired) electrons. The smallest absolute Gasteiger partial charge is 0.166 e. The minimum Gasteiger partial charge on any atom is -0.320 e. The van der Waals surface area contributed by atoms with E-state index in [0.29, 0.717) is 10.3 Å². The third-order valence-electron chi connectivity index (χ3n) is 1.74. The van der Waals surface area contributed by atoms with Crippen molar-refractivity contribution in [2.75, 3.05) is 0 Å².